The van der Waals surface area contributed by atoms with Crippen LogP contribution in [0.3, 0.4) is 0 Å². The van der Waals surface area contributed by atoms with Crippen molar-refractivity contribution in [3.63, 3.8) is 0 Å². The number of fused-ring (bicyclic) bond motifs is 2. The SMILES string of the molecule is CC(=O)N1c2ccc(-c3nc4sc(-c5ccccc5)cn4c3CO)cc2CC1C. The van der Waals surface area contributed by atoms with Gasteiger partial charge >= 0.3 is 0 Å². The molecule has 0 saturated heterocycles. The highest BCUT2D eigenvalue weighted by atomic mass is 32.1. The summed E-state index contributed by atoms with van der Waals surface area (Å²) in [6.07, 6.45) is 2.88. The minimum Gasteiger partial charge on any atom is -0.390 e. The van der Waals surface area contributed by atoms with Crippen LogP contribution in [0.2, 0.25) is 0 Å². The van der Waals surface area contributed by atoms with Gasteiger partial charge in [0.15, 0.2) is 4.96 Å². The monoisotopic (exact) mass is 403 g/mol. The van der Waals surface area contributed by atoms with Crippen LogP contribution < -0.4 is 4.90 Å². The van der Waals surface area contributed by atoms with Gasteiger partial charge in [0.1, 0.15) is 0 Å². The summed E-state index contributed by atoms with van der Waals surface area (Å²) in [5.41, 5.74) is 5.83. The Labute approximate surface area is 172 Å². The molecule has 3 heterocycles. The third kappa shape index (κ3) is 2.87. The van der Waals surface area contributed by atoms with Crippen LogP contribution in [0.15, 0.2) is 54.7 Å². The van der Waals surface area contributed by atoms with E-state index in [4.69, 9.17) is 4.98 Å². The van der Waals surface area contributed by atoms with Crippen molar-refractivity contribution in [3.05, 3.63) is 66.0 Å². The maximum atomic E-state index is 12.0. The Morgan fingerprint density at radius 1 is 1.21 bits per heavy atom. The number of carbonyl (C=O) groups excluding carboxylic acids is 1. The molecular weight excluding hydrogens is 382 g/mol. The van der Waals surface area contributed by atoms with Gasteiger partial charge in [-0.1, -0.05) is 47.7 Å². The van der Waals surface area contributed by atoms with E-state index in [1.807, 2.05) is 45.8 Å². The lowest BCUT2D eigenvalue weighted by molar-refractivity contribution is -0.116. The van der Waals surface area contributed by atoms with E-state index in [9.17, 15) is 9.90 Å². The fourth-order valence-corrected chi connectivity index (χ4v) is 5.27. The lowest BCUT2D eigenvalue weighted by atomic mass is 10.0. The number of aliphatic hydroxyl groups is 1. The summed E-state index contributed by atoms with van der Waals surface area (Å²) in [5, 5.41) is 10.1. The van der Waals surface area contributed by atoms with Gasteiger partial charge in [0.2, 0.25) is 5.91 Å². The van der Waals surface area contributed by atoms with Crippen molar-refractivity contribution < 1.29 is 9.90 Å². The van der Waals surface area contributed by atoms with Gasteiger partial charge < -0.3 is 10.0 Å². The van der Waals surface area contributed by atoms with Gasteiger partial charge in [-0.2, -0.15) is 0 Å². The van der Waals surface area contributed by atoms with Gasteiger partial charge in [-0.25, -0.2) is 4.98 Å². The molecule has 1 N–H and O–H groups in total. The van der Waals surface area contributed by atoms with Crippen LogP contribution in [-0.4, -0.2) is 26.4 Å². The molecule has 1 aliphatic rings. The lowest BCUT2D eigenvalue weighted by Crippen LogP contribution is -2.33. The molecule has 2 aromatic carbocycles. The second kappa shape index (κ2) is 6.83. The predicted molar refractivity (Wildman–Crippen MR) is 116 cm³/mol. The third-order valence-corrected chi connectivity index (χ3v) is 6.57. The van der Waals surface area contributed by atoms with E-state index in [1.165, 1.54) is 0 Å². The molecule has 0 aliphatic carbocycles. The zero-order valence-electron chi connectivity index (χ0n) is 16.3. The fourth-order valence-electron chi connectivity index (χ4n) is 4.27. The number of aliphatic hydroxyl groups excluding tert-OH is 1. The Hall–Kier alpha value is -2.96. The van der Waals surface area contributed by atoms with Gasteiger partial charge in [0, 0.05) is 30.4 Å². The Kier molecular flexibility index (Phi) is 4.26. The number of hydrogen-bond donors (Lipinski definition) is 1. The minimum absolute atomic E-state index is 0.0657. The fraction of sp³-hybridized carbons (Fsp3) is 0.217. The standard InChI is InChI=1S/C23H21N3O2S/c1-14-10-18-11-17(8-9-19(18)26(14)15(2)28)22-20(13-27)25-12-21(29-23(25)24-22)16-6-4-3-5-7-16/h3-9,11-12,14,27H,10,13H2,1-2H3. The maximum Gasteiger partial charge on any atom is 0.224 e. The largest absolute Gasteiger partial charge is 0.390 e. The number of rotatable bonds is 3. The normalized spacial score (nSPS) is 15.8. The first-order valence-electron chi connectivity index (χ1n) is 9.67. The molecule has 0 radical (unpaired) electrons. The molecule has 1 atom stereocenters. The molecule has 1 aliphatic heterocycles. The number of anilines is 1. The van der Waals surface area contributed by atoms with E-state index < -0.39 is 0 Å². The van der Waals surface area contributed by atoms with Gasteiger partial charge in [0.05, 0.1) is 22.9 Å². The maximum absolute atomic E-state index is 12.0. The molecule has 0 bridgehead atoms. The van der Waals surface area contributed by atoms with Crippen molar-refractivity contribution >= 4 is 27.9 Å². The minimum atomic E-state index is -0.0888. The third-order valence-electron chi connectivity index (χ3n) is 5.54. The van der Waals surface area contributed by atoms with Gasteiger partial charge in [-0.05, 0) is 36.6 Å². The van der Waals surface area contributed by atoms with Gasteiger partial charge in [-0.3, -0.25) is 9.20 Å². The number of benzene rings is 2. The average molecular weight is 404 g/mol. The number of imidazole rings is 1. The topological polar surface area (TPSA) is 57.8 Å². The van der Waals surface area contributed by atoms with Crippen LogP contribution in [0, 0.1) is 0 Å². The van der Waals surface area contributed by atoms with Crippen LogP contribution in [-0.2, 0) is 17.8 Å². The average Bonchev–Trinajstić information content (AvgIpc) is 3.37. The van der Waals surface area contributed by atoms with Crippen LogP contribution in [0.5, 0.6) is 0 Å². The highest BCUT2D eigenvalue weighted by Gasteiger charge is 2.29. The Balaban J connectivity index is 1.58. The summed E-state index contributed by atoms with van der Waals surface area (Å²) in [7, 11) is 0. The number of nitrogens with zero attached hydrogens (tertiary/aromatic N) is 3. The molecule has 1 amide bonds. The molecule has 2 aromatic heterocycles. The van der Waals surface area contributed by atoms with Gasteiger partial charge in [0.25, 0.3) is 0 Å². The number of carbonyl (C=O) groups is 1. The highest BCUT2D eigenvalue weighted by molar-refractivity contribution is 7.20. The number of amides is 1. The summed E-state index contributed by atoms with van der Waals surface area (Å²) in [6.45, 7) is 3.59. The highest BCUT2D eigenvalue weighted by Crippen LogP contribution is 2.38. The molecule has 4 aromatic rings. The van der Waals surface area contributed by atoms with E-state index in [2.05, 4.69) is 25.1 Å². The lowest BCUT2D eigenvalue weighted by Gasteiger charge is -2.20. The van der Waals surface area contributed by atoms with Crippen LogP contribution in [0.25, 0.3) is 26.7 Å². The molecule has 29 heavy (non-hydrogen) atoms. The zero-order valence-corrected chi connectivity index (χ0v) is 17.1. The van der Waals surface area contributed by atoms with E-state index in [1.54, 1.807) is 18.3 Å². The molecule has 0 saturated carbocycles. The summed E-state index contributed by atoms with van der Waals surface area (Å²) in [5.74, 6) is 0.0657. The first-order chi connectivity index (χ1) is 14.1. The first kappa shape index (κ1) is 18.1. The van der Waals surface area contributed by atoms with E-state index in [0.717, 1.165) is 50.0 Å². The Morgan fingerprint density at radius 3 is 2.72 bits per heavy atom. The van der Waals surface area contributed by atoms with E-state index in [0.29, 0.717) is 0 Å². The van der Waals surface area contributed by atoms with Gasteiger partial charge in [-0.15, -0.1) is 0 Å². The van der Waals surface area contributed by atoms with Crippen molar-refractivity contribution in [1.82, 2.24) is 9.38 Å². The molecule has 1 unspecified atom stereocenters. The van der Waals surface area contributed by atoms with Crippen molar-refractivity contribution in [2.75, 3.05) is 4.90 Å². The van der Waals surface area contributed by atoms with Crippen molar-refractivity contribution in [2.45, 2.75) is 32.9 Å². The van der Waals surface area contributed by atoms with Crippen molar-refractivity contribution in [1.29, 1.82) is 0 Å². The molecule has 146 valence electrons. The quantitative estimate of drug-likeness (QED) is 0.547. The van der Waals surface area contributed by atoms with Crippen LogP contribution in [0.1, 0.15) is 25.1 Å². The molecule has 5 nitrogen and oxygen atoms in total. The summed E-state index contributed by atoms with van der Waals surface area (Å²) >= 11 is 1.61. The van der Waals surface area contributed by atoms with E-state index >= 15 is 0 Å². The van der Waals surface area contributed by atoms with Crippen molar-refractivity contribution in [2.24, 2.45) is 0 Å². The molecular formula is C23H21N3O2S. The number of aromatic nitrogens is 2. The van der Waals surface area contributed by atoms with Crippen LogP contribution in [0.4, 0.5) is 5.69 Å². The molecule has 6 heteroatoms. The second-order valence-electron chi connectivity index (χ2n) is 7.46. The Morgan fingerprint density at radius 2 is 2.00 bits per heavy atom. The number of hydrogen-bond acceptors (Lipinski definition) is 4. The molecule has 0 fully saturated rings. The van der Waals surface area contributed by atoms with Crippen LogP contribution >= 0.6 is 11.3 Å². The second-order valence-corrected chi connectivity index (χ2v) is 8.47. The summed E-state index contributed by atoms with van der Waals surface area (Å²) in [4.78, 5) is 20.7. The molecule has 5 rings (SSSR count). The number of thiazole rings is 1. The molecule has 0 spiro atoms. The predicted octanol–water partition coefficient (Wildman–Crippen LogP) is 4.52. The van der Waals surface area contributed by atoms with Crippen molar-refractivity contribution in [3.8, 4) is 21.7 Å². The zero-order chi connectivity index (χ0) is 20.1. The summed E-state index contributed by atoms with van der Waals surface area (Å²) in [6, 6.07) is 16.5. The summed E-state index contributed by atoms with van der Waals surface area (Å²) < 4.78 is 1.99. The van der Waals surface area contributed by atoms with E-state index in [-0.39, 0.29) is 18.6 Å². The first-order valence-corrected chi connectivity index (χ1v) is 10.5. The smallest absolute Gasteiger partial charge is 0.224 e. The Bertz CT molecular complexity index is 1230.